The number of sulfonamides is 1. The highest BCUT2D eigenvalue weighted by Gasteiger charge is 2.25. The smallest absolute Gasteiger partial charge is 0.264 e. The molecule has 3 aromatic carbocycles. The van der Waals surface area contributed by atoms with Gasteiger partial charge in [0.15, 0.2) is 5.13 Å². The molecular formula is C24H21N3O3S2. The summed E-state index contributed by atoms with van der Waals surface area (Å²) in [6.07, 6.45) is 1.52. The van der Waals surface area contributed by atoms with Crippen LogP contribution in [-0.2, 0) is 10.0 Å². The summed E-state index contributed by atoms with van der Waals surface area (Å²) in [5.74, 6) is -0.422. The highest BCUT2D eigenvalue weighted by atomic mass is 32.2. The molecule has 4 rings (SSSR count). The Morgan fingerprint density at radius 1 is 1.09 bits per heavy atom. The number of hydrogen-bond donors (Lipinski definition) is 1. The molecule has 0 radical (unpaired) electrons. The summed E-state index contributed by atoms with van der Waals surface area (Å²) in [6, 6.07) is 20.6. The number of rotatable bonds is 7. The minimum Gasteiger partial charge on any atom is -0.298 e. The molecule has 1 N–H and O–H groups in total. The van der Waals surface area contributed by atoms with Crippen LogP contribution in [0.25, 0.3) is 10.2 Å². The number of hydrogen-bond acceptors (Lipinski definition) is 5. The molecule has 8 heteroatoms. The largest absolute Gasteiger partial charge is 0.298 e. The number of anilines is 2. The molecule has 0 spiro atoms. The number of benzene rings is 3. The van der Waals surface area contributed by atoms with E-state index in [0.29, 0.717) is 10.8 Å². The van der Waals surface area contributed by atoms with Gasteiger partial charge in [-0.2, -0.15) is 0 Å². The second-order valence-electron chi connectivity index (χ2n) is 7.08. The van der Waals surface area contributed by atoms with Gasteiger partial charge < -0.3 is 0 Å². The van der Waals surface area contributed by atoms with E-state index in [0.717, 1.165) is 15.8 Å². The molecular weight excluding hydrogens is 442 g/mol. The van der Waals surface area contributed by atoms with Crippen LogP contribution in [-0.4, -0.2) is 25.9 Å². The maximum atomic E-state index is 13.3. The Morgan fingerprint density at radius 3 is 2.56 bits per heavy atom. The monoisotopic (exact) mass is 463 g/mol. The maximum absolute atomic E-state index is 13.3. The Hall–Kier alpha value is -3.49. The summed E-state index contributed by atoms with van der Waals surface area (Å²) in [7, 11) is -3.90. The van der Waals surface area contributed by atoms with Crippen molar-refractivity contribution < 1.29 is 13.2 Å². The summed E-state index contributed by atoms with van der Waals surface area (Å²) in [5.41, 5.74) is 2.61. The molecule has 0 fully saturated rings. The number of nitrogens with one attached hydrogen (secondary N) is 1. The zero-order valence-corrected chi connectivity index (χ0v) is 19.0. The lowest BCUT2D eigenvalue weighted by Crippen LogP contribution is -2.31. The first kappa shape index (κ1) is 21.7. The van der Waals surface area contributed by atoms with E-state index in [1.165, 1.54) is 33.9 Å². The van der Waals surface area contributed by atoms with Gasteiger partial charge in [0.1, 0.15) is 0 Å². The standard InChI is InChI=1S/C24H21N3O3S2/c1-3-15-27(19-11-5-4-6-12-19)32(29,30)20-13-8-10-18(16-20)23(28)26-24-25-22-17(2)9-7-14-21(22)31-24/h3-14,16H,1,15H2,2H3,(H,25,26,28). The van der Waals surface area contributed by atoms with E-state index >= 15 is 0 Å². The minimum atomic E-state index is -3.90. The van der Waals surface area contributed by atoms with Gasteiger partial charge in [-0.05, 0) is 48.9 Å². The van der Waals surface area contributed by atoms with Crippen LogP contribution in [0.1, 0.15) is 15.9 Å². The Bertz CT molecular complexity index is 1400. The van der Waals surface area contributed by atoms with E-state index in [1.807, 2.05) is 31.2 Å². The van der Waals surface area contributed by atoms with E-state index in [4.69, 9.17) is 0 Å². The summed E-state index contributed by atoms with van der Waals surface area (Å²) in [6.45, 7) is 5.74. The molecule has 0 bridgehead atoms. The maximum Gasteiger partial charge on any atom is 0.264 e. The number of nitrogens with zero attached hydrogens (tertiary/aromatic N) is 2. The molecule has 0 atom stereocenters. The highest BCUT2D eigenvalue weighted by molar-refractivity contribution is 7.92. The Labute approximate surface area is 190 Å². The van der Waals surface area contributed by atoms with Crippen LogP contribution in [0.2, 0.25) is 0 Å². The van der Waals surface area contributed by atoms with E-state index < -0.39 is 15.9 Å². The fraction of sp³-hybridized carbons (Fsp3) is 0.0833. The van der Waals surface area contributed by atoms with Crippen molar-refractivity contribution >= 4 is 48.3 Å². The second kappa shape index (κ2) is 8.94. The first-order valence-corrected chi connectivity index (χ1v) is 12.1. The topological polar surface area (TPSA) is 79.4 Å². The predicted molar refractivity (Wildman–Crippen MR) is 130 cm³/mol. The molecule has 0 unspecified atom stereocenters. The lowest BCUT2D eigenvalue weighted by Gasteiger charge is -2.23. The molecule has 1 amide bonds. The number of carbonyl (C=O) groups is 1. The van der Waals surface area contributed by atoms with E-state index in [-0.39, 0.29) is 17.0 Å². The fourth-order valence-corrected chi connectivity index (χ4v) is 5.71. The second-order valence-corrected chi connectivity index (χ2v) is 9.98. The van der Waals surface area contributed by atoms with E-state index in [1.54, 1.807) is 36.4 Å². The number of amides is 1. The van der Waals surface area contributed by atoms with Crippen LogP contribution in [0.5, 0.6) is 0 Å². The number of fused-ring (bicyclic) bond motifs is 1. The molecule has 0 aliphatic rings. The zero-order chi connectivity index (χ0) is 22.7. The molecule has 1 aromatic heterocycles. The van der Waals surface area contributed by atoms with Crippen molar-refractivity contribution in [3.63, 3.8) is 0 Å². The van der Waals surface area contributed by atoms with E-state index in [2.05, 4.69) is 16.9 Å². The quantitative estimate of drug-likeness (QED) is 0.380. The number of aryl methyl sites for hydroxylation is 1. The van der Waals surface area contributed by atoms with Crippen LogP contribution in [0.3, 0.4) is 0 Å². The van der Waals surface area contributed by atoms with Crippen LogP contribution in [0.15, 0.2) is 90.3 Å². The first-order valence-electron chi connectivity index (χ1n) is 9.86. The predicted octanol–water partition coefficient (Wildman–Crippen LogP) is 5.24. The molecule has 162 valence electrons. The lowest BCUT2D eigenvalue weighted by molar-refractivity contribution is 0.102. The third kappa shape index (κ3) is 4.28. The van der Waals surface area contributed by atoms with Crippen molar-refractivity contribution in [2.45, 2.75) is 11.8 Å². The zero-order valence-electron chi connectivity index (χ0n) is 17.4. The molecule has 32 heavy (non-hydrogen) atoms. The van der Waals surface area contributed by atoms with Crippen LogP contribution in [0, 0.1) is 6.92 Å². The van der Waals surface area contributed by atoms with Gasteiger partial charge in [-0.3, -0.25) is 14.4 Å². The van der Waals surface area contributed by atoms with Crippen molar-refractivity contribution in [2.75, 3.05) is 16.2 Å². The van der Waals surface area contributed by atoms with Gasteiger partial charge >= 0.3 is 0 Å². The van der Waals surface area contributed by atoms with Gasteiger partial charge in [-0.15, -0.1) is 6.58 Å². The Kier molecular flexibility index (Phi) is 6.07. The van der Waals surface area contributed by atoms with Crippen LogP contribution >= 0.6 is 11.3 Å². The van der Waals surface area contributed by atoms with Gasteiger partial charge in [-0.25, -0.2) is 13.4 Å². The summed E-state index contributed by atoms with van der Waals surface area (Å²) in [4.78, 5) is 17.4. The van der Waals surface area contributed by atoms with Crippen molar-refractivity contribution in [1.82, 2.24) is 4.98 Å². The van der Waals surface area contributed by atoms with Gasteiger partial charge in [-0.1, -0.05) is 53.8 Å². The number of aromatic nitrogens is 1. The van der Waals surface area contributed by atoms with Gasteiger partial charge in [0, 0.05) is 5.56 Å². The average Bonchev–Trinajstić information content (AvgIpc) is 3.22. The third-order valence-electron chi connectivity index (χ3n) is 4.86. The average molecular weight is 464 g/mol. The van der Waals surface area contributed by atoms with Crippen molar-refractivity contribution in [2.24, 2.45) is 0 Å². The summed E-state index contributed by atoms with van der Waals surface area (Å²) >= 11 is 1.37. The van der Waals surface area contributed by atoms with Crippen molar-refractivity contribution in [1.29, 1.82) is 0 Å². The third-order valence-corrected chi connectivity index (χ3v) is 7.59. The van der Waals surface area contributed by atoms with Gasteiger partial charge in [0.2, 0.25) is 0 Å². The Morgan fingerprint density at radius 2 is 1.84 bits per heavy atom. The highest BCUT2D eigenvalue weighted by Crippen LogP contribution is 2.29. The first-order chi connectivity index (χ1) is 15.4. The van der Waals surface area contributed by atoms with Gasteiger partial charge in [0.25, 0.3) is 15.9 Å². The van der Waals surface area contributed by atoms with Crippen molar-refractivity contribution in [3.8, 4) is 0 Å². The SMILES string of the molecule is C=CCN(c1ccccc1)S(=O)(=O)c1cccc(C(=O)Nc2nc3c(C)cccc3s2)c1. The number of para-hydroxylation sites is 2. The number of carbonyl (C=O) groups excluding carboxylic acids is 1. The molecule has 1 heterocycles. The van der Waals surface area contributed by atoms with Crippen LogP contribution < -0.4 is 9.62 Å². The van der Waals surface area contributed by atoms with Crippen molar-refractivity contribution in [3.05, 3.63) is 96.6 Å². The van der Waals surface area contributed by atoms with E-state index in [9.17, 15) is 13.2 Å². The normalized spacial score (nSPS) is 11.3. The number of thiazole rings is 1. The lowest BCUT2D eigenvalue weighted by atomic mass is 10.2. The fourth-order valence-electron chi connectivity index (χ4n) is 3.29. The summed E-state index contributed by atoms with van der Waals surface area (Å²) < 4.78 is 28.9. The molecule has 0 aliphatic heterocycles. The molecule has 6 nitrogen and oxygen atoms in total. The molecule has 0 aliphatic carbocycles. The minimum absolute atomic E-state index is 0.0241. The van der Waals surface area contributed by atoms with Gasteiger partial charge in [0.05, 0.1) is 27.3 Å². The molecule has 0 saturated heterocycles. The Balaban J connectivity index is 1.63. The molecule has 0 saturated carbocycles. The summed E-state index contributed by atoms with van der Waals surface area (Å²) in [5, 5.41) is 3.25. The van der Waals surface area contributed by atoms with Crippen LogP contribution in [0.4, 0.5) is 10.8 Å². The molecule has 4 aromatic rings.